The van der Waals surface area contributed by atoms with Crippen LogP contribution in [0.3, 0.4) is 0 Å². The monoisotopic (exact) mass is 270 g/mol. The van der Waals surface area contributed by atoms with Crippen molar-refractivity contribution >= 4 is 5.91 Å². The van der Waals surface area contributed by atoms with Gasteiger partial charge in [0, 0.05) is 12.6 Å². The Kier molecular flexibility index (Phi) is 6.27. The Morgan fingerprint density at radius 3 is 2.47 bits per heavy atom. The van der Waals surface area contributed by atoms with Crippen molar-refractivity contribution in [2.45, 2.75) is 65.0 Å². The Bertz CT molecular complexity index is 290. The van der Waals surface area contributed by atoms with Gasteiger partial charge in [0.25, 0.3) is 0 Å². The third-order valence-corrected chi connectivity index (χ3v) is 3.77. The summed E-state index contributed by atoms with van der Waals surface area (Å²) in [6.45, 7) is 9.55. The van der Waals surface area contributed by atoms with Gasteiger partial charge in [-0.05, 0) is 44.9 Å². The number of nitrogens with two attached hydrogens (primary N) is 1. The molecule has 0 radical (unpaired) electrons. The number of carbonyl (C=O) groups is 1. The van der Waals surface area contributed by atoms with E-state index in [2.05, 4.69) is 19.2 Å². The Morgan fingerprint density at radius 1 is 1.42 bits per heavy atom. The molecule has 2 atom stereocenters. The maximum atomic E-state index is 11.9. The Balaban J connectivity index is 2.56. The van der Waals surface area contributed by atoms with E-state index in [4.69, 9.17) is 10.5 Å². The highest BCUT2D eigenvalue weighted by Crippen LogP contribution is 2.40. The van der Waals surface area contributed by atoms with Crippen molar-refractivity contribution in [1.29, 1.82) is 0 Å². The molecule has 112 valence electrons. The van der Waals surface area contributed by atoms with E-state index < -0.39 is 5.54 Å². The van der Waals surface area contributed by atoms with Gasteiger partial charge in [-0.15, -0.1) is 0 Å². The van der Waals surface area contributed by atoms with Crippen molar-refractivity contribution in [1.82, 2.24) is 5.32 Å². The summed E-state index contributed by atoms with van der Waals surface area (Å²) in [7, 11) is 0. The van der Waals surface area contributed by atoms with Crippen LogP contribution in [-0.4, -0.2) is 30.7 Å². The highest BCUT2D eigenvalue weighted by atomic mass is 16.5. The van der Waals surface area contributed by atoms with Crippen LogP contribution in [0.15, 0.2) is 0 Å². The number of nitrogens with one attached hydrogen (secondary N) is 1. The normalized spacial score (nSPS) is 20.3. The zero-order valence-corrected chi connectivity index (χ0v) is 12.9. The molecule has 0 bridgehead atoms. The Labute approximate surface area is 117 Å². The summed E-state index contributed by atoms with van der Waals surface area (Å²) in [6, 6.07) is 0.227. The van der Waals surface area contributed by atoms with E-state index in [9.17, 15) is 4.79 Å². The third-order valence-electron chi connectivity index (χ3n) is 3.77. The first-order valence-corrected chi connectivity index (χ1v) is 7.57. The SMILES string of the molecule is CCCC(C)COCC(NC(C)C)(C(N)=O)C1CC1. The second-order valence-electron chi connectivity index (χ2n) is 6.32. The van der Waals surface area contributed by atoms with Gasteiger partial charge in [-0.25, -0.2) is 0 Å². The molecule has 0 aromatic rings. The first-order chi connectivity index (χ1) is 8.92. The van der Waals surface area contributed by atoms with Crippen LogP contribution in [0.25, 0.3) is 0 Å². The molecule has 0 spiro atoms. The van der Waals surface area contributed by atoms with Crippen molar-refractivity contribution in [2.75, 3.05) is 13.2 Å². The molecule has 4 heteroatoms. The number of primary amides is 1. The minimum atomic E-state index is -0.667. The lowest BCUT2D eigenvalue weighted by molar-refractivity contribution is -0.129. The molecule has 4 nitrogen and oxygen atoms in total. The molecule has 1 saturated carbocycles. The Morgan fingerprint density at radius 2 is 2.05 bits per heavy atom. The first-order valence-electron chi connectivity index (χ1n) is 7.57. The quantitative estimate of drug-likeness (QED) is 0.639. The smallest absolute Gasteiger partial charge is 0.240 e. The number of rotatable bonds is 10. The fraction of sp³-hybridized carbons (Fsp3) is 0.933. The van der Waals surface area contributed by atoms with Crippen LogP contribution < -0.4 is 11.1 Å². The van der Waals surface area contributed by atoms with Crippen molar-refractivity contribution < 1.29 is 9.53 Å². The molecule has 0 saturated heterocycles. The van der Waals surface area contributed by atoms with Gasteiger partial charge in [0.1, 0.15) is 5.54 Å². The molecule has 1 aliphatic carbocycles. The maximum absolute atomic E-state index is 11.9. The van der Waals surface area contributed by atoms with Gasteiger partial charge in [0.05, 0.1) is 6.61 Å². The maximum Gasteiger partial charge on any atom is 0.240 e. The largest absolute Gasteiger partial charge is 0.379 e. The Hall–Kier alpha value is -0.610. The summed E-state index contributed by atoms with van der Waals surface area (Å²) in [5.74, 6) is 0.606. The molecule has 0 heterocycles. The van der Waals surface area contributed by atoms with Crippen molar-refractivity contribution in [3.05, 3.63) is 0 Å². The zero-order chi connectivity index (χ0) is 14.5. The number of amides is 1. The molecular weight excluding hydrogens is 240 g/mol. The number of hydrogen-bond donors (Lipinski definition) is 2. The molecular formula is C15H30N2O2. The van der Waals surface area contributed by atoms with Crippen molar-refractivity contribution in [3.8, 4) is 0 Å². The summed E-state index contributed by atoms with van der Waals surface area (Å²) in [5, 5.41) is 3.36. The summed E-state index contributed by atoms with van der Waals surface area (Å²) >= 11 is 0. The number of ether oxygens (including phenoxy) is 1. The topological polar surface area (TPSA) is 64.3 Å². The van der Waals surface area contributed by atoms with Crippen LogP contribution in [0.5, 0.6) is 0 Å². The highest BCUT2D eigenvalue weighted by molar-refractivity contribution is 5.85. The lowest BCUT2D eigenvalue weighted by atomic mass is 9.92. The molecule has 0 aromatic carbocycles. The lowest BCUT2D eigenvalue weighted by Gasteiger charge is -2.34. The predicted molar refractivity (Wildman–Crippen MR) is 77.8 cm³/mol. The molecule has 0 aromatic heterocycles. The van der Waals surface area contributed by atoms with E-state index in [1.807, 2.05) is 13.8 Å². The van der Waals surface area contributed by atoms with Crippen LogP contribution in [0, 0.1) is 11.8 Å². The van der Waals surface area contributed by atoms with E-state index in [0.29, 0.717) is 25.0 Å². The fourth-order valence-electron chi connectivity index (χ4n) is 2.71. The average Bonchev–Trinajstić information content (AvgIpc) is 3.11. The summed E-state index contributed by atoms with van der Waals surface area (Å²) < 4.78 is 5.81. The summed E-state index contributed by atoms with van der Waals surface area (Å²) in [6.07, 6.45) is 4.45. The summed E-state index contributed by atoms with van der Waals surface area (Å²) in [4.78, 5) is 11.9. The molecule has 3 N–H and O–H groups in total. The molecule has 1 aliphatic rings. The second-order valence-corrected chi connectivity index (χ2v) is 6.32. The van der Waals surface area contributed by atoms with E-state index in [-0.39, 0.29) is 11.9 Å². The molecule has 0 aliphatic heterocycles. The van der Waals surface area contributed by atoms with Gasteiger partial charge in [-0.1, -0.05) is 20.3 Å². The van der Waals surface area contributed by atoms with Crippen LogP contribution in [0.1, 0.15) is 53.4 Å². The average molecular weight is 270 g/mol. The summed E-state index contributed by atoms with van der Waals surface area (Å²) in [5.41, 5.74) is 4.99. The van der Waals surface area contributed by atoms with Crippen molar-refractivity contribution in [2.24, 2.45) is 17.6 Å². The number of carbonyl (C=O) groups excluding carboxylic acids is 1. The minimum absolute atomic E-state index is 0.227. The van der Waals surface area contributed by atoms with Gasteiger partial charge in [0.2, 0.25) is 5.91 Å². The molecule has 1 rings (SSSR count). The van der Waals surface area contributed by atoms with E-state index >= 15 is 0 Å². The van der Waals surface area contributed by atoms with Crippen molar-refractivity contribution in [3.63, 3.8) is 0 Å². The van der Waals surface area contributed by atoms with Gasteiger partial charge in [-0.3, -0.25) is 10.1 Å². The molecule has 2 unspecified atom stereocenters. The van der Waals surface area contributed by atoms with Crippen LogP contribution in [0.2, 0.25) is 0 Å². The van der Waals surface area contributed by atoms with E-state index in [0.717, 1.165) is 19.3 Å². The van der Waals surface area contributed by atoms with Gasteiger partial charge in [0.15, 0.2) is 0 Å². The lowest BCUT2D eigenvalue weighted by Crippen LogP contribution is -2.62. The zero-order valence-electron chi connectivity index (χ0n) is 12.9. The molecule has 1 amide bonds. The molecule has 1 fully saturated rings. The van der Waals surface area contributed by atoms with E-state index in [1.165, 1.54) is 6.42 Å². The first kappa shape index (κ1) is 16.4. The predicted octanol–water partition coefficient (Wildman–Crippen LogP) is 2.07. The van der Waals surface area contributed by atoms with Crippen LogP contribution >= 0.6 is 0 Å². The molecule has 19 heavy (non-hydrogen) atoms. The second kappa shape index (κ2) is 7.25. The third kappa shape index (κ3) is 4.77. The number of hydrogen-bond acceptors (Lipinski definition) is 3. The van der Waals surface area contributed by atoms with Crippen LogP contribution in [0.4, 0.5) is 0 Å². The minimum Gasteiger partial charge on any atom is -0.379 e. The van der Waals surface area contributed by atoms with Gasteiger partial charge >= 0.3 is 0 Å². The highest BCUT2D eigenvalue weighted by Gasteiger charge is 2.50. The van der Waals surface area contributed by atoms with Gasteiger partial charge < -0.3 is 10.5 Å². The van der Waals surface area contributed by atoms with Crippen LogP contribution in [-0.2, 0) is 9.53 Å². The van der Waals surface area contributed by atoms with E-state index in [1.54, 1.807) is 0 Å². The standard InChI is InChI=1S/C15H30N2O2/c1-5-6-12(4)9-19-10-15(14(16)18,13-7-8-13)17-11(2)3/h11-13,17H,5-10H2,1-4H3,(H2,16,18). The van der Waals surface area contributed by atoms with Gasteiger partial charge in [-0.2, -0.15) is 0 Å². The fourth-order valence-corrected chi connectivity index (χ4v) is 2.71.